The quantitative estimate of drug-likeness (QED) is 0.819. The van der Waals surface area contributed by atoms with E-state index in [2.05, 4.69) is 72.8 Å². The Balaban J connectivity index is 2.44. The van der Waals surface area contributed by atoms with E-state index >= 15 is 0 Å². The van der Waals surface area contributed by atoms with Gasteiger partial charge < -0.3 is 5.32 Å². The molecule has 1 N–H and O–H groups in total. The zero-order valence-corrected chi connectivity index (χ0v) is 14.5. The summed E-state index contributed by atoms with van der Waals surface area (Å²) in [5, 5.41) is 3.76. The molecule has 1 aromatic rings. The van der Waals surface area contributed by atoms with E-state index in [0.717, 1.165) is 6.54 Å². The van der Waals surface area contributed by atoms with Crippen LogP contribution in [0.5, 0.6) is 0 Å². The van der Waals surface area contributed by atoms with E-state index in [0.29, 0.717) is 22.8 Å². The van der Waals surface area contributed by atoms with Crippen LogP contribution in [0.25, 0.3) is 0 Å². The SMILES string of the molecule is CCNC(c1cc(C)c(C)cc1C)C1C(C)(C)C1(C)C. The third-order valence-electron chi connectivity index (χ3n) is 6.11. The topological polar surface area (TPSA) is 12.0 Å². The molecule has 0 radical (unpaired) electrons. The van der Waals surface area contributed by atoms with Crippen molar-refractivity contribution in [1.82, 2.24) is 5.32 Å². The fourth-order valence-electron chi connectivity index (χ4n) is 4.03. The summed E-state index contributed by atoms with van der Waals surface area (Å²) in [6.45, 7) is 19.6. The van der Waals surface area contributed by atoms with Gasteiger partial charge in [0.15, 0.2) is 0 Å². The molecule has 1 aliphatic carbocycles. The number of hydrogen-bond acceptors (Lipinski definition) is 1. The molecule has 1 atom stereocenters. The maximum Gasteiger partial charge on any atom is 0.0361 e. The van der Waals surface area contributed by atoms with Crippen molar-refractivity contribution in [3.05, 3.63) is 34.4 Å². The van der Waals surface area contributed by atoms with Gasteiger partial charge in [-0.2, -0.15) is 0 Å². The minimum absolute atomic E-state index is 0.408. The van der Waals surface area contributed by atoms with E-state index in [1.165, 1.54) is 22.3 Å². The molecule has 0 aliphatic heterocycles. The minimum atomic E-state index is 0.408. The molecule has 1 aromatic carbocycles. The van der Waals surface area contributed by atoms with Crippen LogP contribution in [0.1, 0.15) is 62.9 Å². The van der Waals surface area contributed by atoms with E-state index in [1.807, 2.05) is 0 Å². The molecule has 1 nitrogen and oxygen atoms in total. The first-order valence-electron chi connectivity index (χ1n) is 7.95. The summed E-state index contributed by atoms with van der Waals surface area (Å²) in [4.78, 5) is 0. The smallest absolute Gasteiger partial charge is 0.0361 e. The molecule has 0 amide bonds. The second kappa shape index (κ2) is 4.87. The van der Waals surface area contributed by atoms with Crippen LogP contribution < -0.4 is 5.32 Å². The average molecular weight is 273 g/mol. The molecule has 20 heavy (non-hydrogen) atoms. The van der Waals surface area contributed by atoms with Crippen molar-refractivity contribution in [3.8, 4) is 0 Å². The lowest BCUT2D eigenvalue weighted by Gasteiger charge is -2.24. The van der Waals surface area contributed by atoms with Gasteiger partial charge in [0.05, 0.1) is 0 Å². The summed E-state index contributed by atoms with van der Waals surface area (Å²) >= 11 is 0. The van der Waals surface area contributed by atoms with Crippen LogP contribution in [0.3, 0.4) is 0 Å². The summed E-state index contributed by atoms with van der Waals surface area (Å²) in [5.41, 5.74) is 6.55. The van der Waals surface area contributed by atoms with E-state index < -0.39 is 0 Å². The van der Waals surface area contributed by atoms with E-state index in [9.17, 15) is 0 Å². The molecule has 1 fully saturated rings. The highest BCUT2D eigenvalue weighted by Crippen LogP contribution is 2.72. The van der Waals surface area contributed by atoms with Crippen LogP contribution in [-0.4, -0.2) is 6.54 Å². The fraction of sp³-hybridized carbons (Fsp3) is 0.684. The highest BCUT2D eigenvalue weighted by atomic mass is 15.0. The van der Waals surface area contributed by atoms with Crippen molar-refractivity contribution in [1.29, 1.82) is 0 Å². The van der Waals surface area contributed by atoms with Crippen molar-refractivity contribution >= 4 is 0 Å². The number of rotatable bonds is 4. The first-order chi connectivity index (χ1) is 9.14. The molecule has 112 valence electrons. The molecule has 1 unspecified atom stereocenters. The van der Waals surface area contributed by atoms with Gasteiger partial charge in [-0.1, -0.05) is 46.8 Å². The Kier molecular flexibility index (Phi) is 3.79. The van der Waals surface area contributed by atoms with E-state index in [-0.39, 0.29) is 0 Å². The molecule has 0 bridgehead atoms. The molecular weight excluding hydrogens is 242 g/mol. The second-order valence-electron chi connectivity index (χ2n) is 7.75. The third kappa shape index (κ3) is 2.20. The molecule has 1 saturated carbocycles. The summed E-state index contributed by atoms with van der Waals surface area (Å²) < 4.78 is 0. The Hall–Kier alpha value is -0.820. The summed E-state index contributed by atoms with van der Waals surface area (Å²) in [6, 6.07) is 5.23. The Bertz CT molecular complexity index is 497. The molecular formula is C19H31N. The zero-order chi connectivity index (χ0) is 15.3. The molecule has 1 heteroatoms. The first kappa shape index (κ1) is 15.6. The Morgan fingerprint density at radius 2 is 1.45 bits per heavy atom. The fourth-order valence-corrected chi connectivity index (χ4v) is 4.03. The van der Waals surface area contributed by atoms with Crippen molar-refractivity contribution in [2.24, 2.45) is 16.7 Å². The van der Waals surface area contributed by atoms with Crippen LogP contribution in [0.2, 0.25) is 0 Å². The van der Waals surface area contributed by atoms with E-state index in [4.69, 9.17) is 0 Å². The highest BCUT2D eigenvalue weighted by Gasteiger charge is 2.67. The van der Waals surface area contributed by atoms with Crippen molar-refractivity contribution in [2.45, 2.75) is 61.4 Å². The average Bonchev–Trinajstić information content (AvgIpc) is 2.72. The lowest BCUT2D eigenvalue weighted by molar-refractivity contribution is 0.416. The van der Waals surface area contributed by atoms with Crippen LogP contribution in [-0.2, 0) is 0 Å². The molecule has 1 aliphatic rings. The number of nitrogens with one attached hydrogen (secondary N) is 1. The molecule has 0 aromatic heterocycles. The largest absolute Gasteiger partial charge is 0.310 e. The molecule has 0 spiro atoms. The van der Waals surface area contributed by atoms with Crippen molar-refractivity contribution in [3.63, 3.8) is 0 Å². The van der Waals surface area contributed by atoms with E-state index in [1.54, 1.807) is 0 Å². The summed E-state index contributed by atoms with van der Waals surface area (Å²) in [7, 11) is 0. The van der Waals surface area contributed by atoms with Gasteiger partial charge in [-0.3, -0.25) is 0 Å². The predicted molar refractivity (Wildman–Crippen MR) is 88.1 cm³/mol. The van der Waals surface area contributed by atoms with Gasteiger partial charge in [-0.15, -0.1) is 0 Å². The number of benzene rings is 1. The van der Waals surface area contributed by atoms with Gasteiger partial charge in [-0.05, 0) is 66.3 Å². The zero-order valence-electron chi connectivity index (χ0n) is 14.5. The number of aryl methyl sites for hydroxylation is 3. The van der Waals surface area contributed by atoms with Gasteiger partial charge >= 0.3 is 0 Å². The highest BCUT2D eigenvalue weighted by molar-refractivity contribution is 5.40. The molecule has 0 saturated heterocycles. The monoisotopic (exact) mass is 273 g/mol. The maximum absolute atomic E-state index is 3.76. The minimum Gasteiger partial charge on any atom is -0.310 e. The van der Waals surface area contributed by atoms with Gasteiger partial charge in [0.25, 0.3) is 0 Å². The summed E-state index contributed by atoms with van der Waals surface area (Å²) in [6.07, 6.45) is 0. The van der Waals surface area contributed by atoms with Crippen molar-refractivity contribution in [2.75, 3.05) is 6.54 Å². The Morgan fingerprint density at radius 1 is 0.950 bits per heavy atom. The Labute approximate surface area is 125 Å². The van der Waals surface area contributed by atoms with Gasteiger partial charge in [0, 0.05) is 6.04 Å². The van der Waals surface area contributed by atoms with Crippen LogP contribution in [0.4, 0.5) is 0 Å². The second-order valence-corrected chi connectivity index (χ2v) is 7.75. The normalized spacial score (nSPS) is 21.8. The predicted octanol–water partition coefficient (Wildman–Crippen LogP) is 4.94. The lowest BCUT2D eigenvalue weighted by atomic mass is 9.90. The lowest BCUT2D eigenvalue weighted by Crippen LogP contribution is -2.26. The Morgan fingerprint density at radius 3 is 1.90 bits per heavy atom. The van der Waals surface area contributed by atoms with Crippen LogP contribution in [0, 0.1) is 37.5 Å². The van der Waals surface area contributed by atoms with Gasteiger partial charge in [0.2, 0.25) is 0 Å². The first-order valence-corrected chi connectivity index (χ1v) is 7.95. The van der Waals surface area contributed by atoms with Crippen LogP contribution in [0.15, 0.2) is 12.1 Å². The standard InChI is InChI=1S/C19H31N/c1-9-20-16(17-18(5,6)19(17,7)8)15-11-13(3)12(2)10-14(15)4/h10-11,16-17,20H,9H2,1-8H3. The third-order valence-corrected chi connectivity index (χ3v) is 6.11. The molecule has 2 rings (SSSR count). The maximum atomic E-state index is 3.76. The van der Waals surface area contributed by atoms with Crippen LogP contribution >= 0.6 is 0 Å². The van der Waals surface area contributed by atoms with Crippen molar-refractivity contribution < 1.29 is 0 Å². The van der Waals surface area contributed by atoms with Gasteiger partial charge in [-0.25, -0.2) is 0 Å². The number of hydrogen-bond donors (Lipinski definition) is 1. The van der Waals surface area contributed by atoms with Gasteiger partial charge in [0.1, 0.15) is 0 Å². The molecule has 0 heterocycles. The summed E-state index contributed by atoms with van der Waals surface area (Å²) in [5.74, 6) is 0.704.